The van der Waals surface area contributed by atoms with E-state index in [4.69, 9.17) is 20.9 Å². The molecule has 5 nitrogen and oxygen atoms in total. The molecule has 1 aromatic heterocycles. The van der Waals surface area contributed by atoms with Crippen molar-refractivity contribution in [2.75, 3.05) is 0 Å². The van der Waals surface area contributed by atoms with Gasteiger partial charge in [0.1, 0.15) is 12.4 Å². The summed E-state index contributed by atoms with van der Waals surface area (Å²) in [6, 6.07) is 13.2. The van der Waals surface area contributed by atoms with E-state index in [1.807, 2.05) is 43.3 Å². The molecule has 0 radical (unpaired) electrons. The Balaban J connectivity index is 1.57. The van der Waals surface area contributed by atoms with Crippen LogP contribution in [-0.4, -0.2) is 11.1 Å². The van der Waals surface area contributed by atoms with E-state index < -0.39 is 0 Å². The van der Waals surface area contributed by atoms with Crippen LogP contribution < -0.4 is 10.1 Å². The maximum absolute atomic E-state index is 12.5. The fourth-order valence-corrected chi connectivity index (χ4v) is 3.06. The third-order valence-electron chi connectivity index (χ3n) is 4.10. The Hall–Kier alpha value is -2.79. The van der Waals surface area contributed by atoms with Crippen molar-refractivity contribution in [3.05, 3.63) is 69.9 Å². The maximum Gasteiger partial charge on any atom is 0.274 e. The van der Waals surface area contributed by atoms with Crippen molar-refractivity contribution in [1.82, 2.24) is 10.5 Å². The number of amides is 1. The molecule has 0 saturated heterocycles. The number of hydrogen-bond acceptors (Lipinski definition) is 4. The highest BCUT2D eigenvalue weighted by Gasteiger charge is 2.28. The van der Waals surface area contributed by atoms with Gasteiger partial charge in [-0.2, -0.15) is 0 Å². The van der Waals surface area contributed by atoms with Gasteiger partial charge >= 0.3 is 0 Å². The number of rotatable bonds is 3. The summed E-state index contributed by atoms with van der Waals surface area (Å²) >= 11 is 5.96. The minimum atomic E-state index is -0.301. The molecule has 1 aliphatic rings. The number of nitrogens with zero attached hydrogens (tertiary/aromatic N) is 1. The standard InChI is InChI=1S/C19H15ClN2O3/c1-11-5-6-16-14(7-11)18-15(10-24-16)17(22-25-18)19(23)21-9-12-3-2-4-13(20)8-12/h2-8H,9-10H2,1H3,(H,21,23). The van der Waals surface area contributed by atoms with Crippen molar-refractivity contribution in [3.8, 4) is 17.1 Å². The molecular weight excluding hydrogens is 340 g/mol. The maximum atomic E-state index is 12.5. The molecule has 3 aromatic rings. The Kier molecular flexibility index (Phi) is 3.93. The number of nitrogens with one attached hydrogen (secondary N) is 1. The average molecular weight is 355 g/mol. The van der Waals surface area contributed by atoms with E-state index >= 15 is 0 Å². The van der Waals surface area contributed by atoms with Gasteiger partial charge in [0.05, 0.1) is 11.1 Å². The lowest BCUT2D eigenvalue weighted by molar-refractivity contribution is 0.0940. The van der Waals surface area contributed by atoms with Crippen LogP contribution in [0.25, 0.3) is 11.3 Å². The molecule has 4 rings (SSSR count). The van der Waals surface area contributed by atoms with Gasteiger partial charge in [-0.05, 0) is 36.8 Å². The number of halogens is 1. The second kappa shape index (κ2) is 6.26. The minimum absolute atomic E-state index is 0.254. The van der Waals surface area contributed by atoms with Crippen LogP contribution >= 0.6 is 11.6 Å². The summed E-state index contributed by atoms with van der Waals surface area (Å²) in [7, 11) is 0. The molecule has 1 aliphatic heterocycles. The third kappa shape index (κ3) is 2.98. The van der Waals surface area contributed by atoms with Crippen LogP contribution in [0.4, 0.5) is 0 Å². The van der Waals surface area contributed by atoms with Crippen LogP contribution in [0.15, 0.2) is 47.0 Å². The summed E-state index contributed by atoms with van der Waals surface area (Å²) in [5.41, 5.74) is 3.74. The Bertz CT molecular complexity index is 965. The lowest BCUT2D eigenvalue weighted by atomic mass is 10.0. The summed E-state index contributed by atoms with van der Waals surface area (Å²) < 4.78 is 11.2. The number of carbonyl (C=O) groups excluding carboxylic acids is 1. The van der Waals surface area contributed by atoms with Gasteiger partial charge in [-0.3, -0.25) is 4.79 Å². The number of carbonyl (C=O) groups is 1. The number of fused-ring (bicyclic) bond motifs is 3. The summed E-state index contributed by atoms with van der Waals surface area (Å²) in [6.07, 6.45) is 0. The highest BCUT2D eigenvalue weighted by Crippen LogP contribution is 2.39. The first-order valence-electron chi connectivity index (χ1n) is 7.87. The number of ether oxygens (including phenoxy) is 1. The molecule has 1 N–H and O–H groups in total. The van der Waals surface area contributed by atoms with Crippen molar-refractivity contribution in [2.45, 2.75) is 20.1 Å². The van der Waals surface area contributed by atoms with Crippen LogP contribution in [0, 0.1) is 6.92 Å². The van der Waals surface area contributed by atoms with Crippen molar-refractivity contribution in [2.24, 2.45) is 0 Å². The number of aryl methyl sites for hydroxylation is 1. The van der Waals surface area contributed by atoms with Crippen molar-refractivity contribution in [3.63, 3.8) is 0 Å². The monoisotopic (exact) mass is 354 g/mol. The molecule has 0 aliphatic carbocycles. The highest BCUT2D eigenvalue weighted by molar-refractivity contribution is 6.30. The van der Waals surface area contributed by atoms with Crippen LogP contribution in [-0.2, 0) is 13.2 Å². The topological polar surface area (TPSA) is 64.4 Å². The van der Waals surface area contributed by atoms with Crippen molar-refractivity contribution >= 4 is 17.5 Å². The fraction of sp³-hybridized carbons (Fsp3) is 0.158. The van der Waals surface area contributed by atoms with Gasteiger partial charge in [0, 0.05) is 11.6 Å². The largest absolute Gasteiger partial charge is 0.488 e. The fourth-order valence-electron chi connectivity index (χ4n) is 2.84. The Morgan fingerprint density at radius 1 is 1.28 bits per heavy atom. The minimum Gasteiger partial charge on any atom is -0.488 e. The predicted molar refractivity (Wildman–Crippen MR) is 93.6 cm³/mol. The van der Waals surface area contributed by atoms with Crippen LogP contribution in [0.5, 0.6) is 5.75 Å². The first kappa shape index (κ1) is 15.7. The van der Waals surface area contributed by atoms with E-state index in [1.54, 1.807) is 6.07 Å². The molecule has 0 saturated carbocycles. The van der Waals surface area contributed by atoms with Crippen LogP contribution in [0.1, 0.15) is 27.2 Å². The average Bonchev–Trinajstić information content (AvgIpc) is 3.04. The van der Waals surface area contributed by atoms with E-state index in [9.17, 15) is 4.79 Å². The molecule has 2 heterocycles. The SMILES string of the molecule is Cc1ccc2c(c1)-c1onc(C(=O)NCc3cccc(Cl)c3)c1CO2. The summed E-state index contributed by atoms with van der Waals surface area (Å²) in [6.45, 7) is 2.61. The Labute approximate surface area is 149 Å². The predicted octanol–water partition coefficient (Wildman–Crippen LogP) is 4.13. The Morgan fingerprint density at radius 2 is 2.16 bits per heavy atom. The molecule has 2 aromatic carbocycles. The smallest absolute Gasteiger partial charge is 0.274 e. The van der Waals surface area contributed by atoms with Crippen LogP contribution in [0.2, 0.25) is 5.02 Å². The quantitative estimate of drug-likeness (QED) is 0.768. The van der Waals surface area contributed by atoms with Crippen molar-refractivity contribution < 1.29 is 14.1 Å². The van der Waals surface area contributed by atoms with Gasteiger partial charge in [0.25, 0.3) is 5.91 Å². The molecule has 1 amide bonds. The van der Waals surface area contributed by atoms with Gasteiger partial charge in [-0.25, -0.2) is 0 Å². The second-order valence-electron chi connectivity index (χ2n) is 5.94. The van der Waals surface area contributed by atoms with E-state index in [-0.39, 0.29) is 18.2 Å². The highest BCUT2D eigenvalue weighted by atomic mass is 35.5. The van der Waals surface area contributed by atoms with Crippen molar-refractivity contribution in [1.29, 1.82) is 0 Å². The summed E-state index contributed by atoms with van der Waals surface area (Å²) in [5.74, 6) is 1.03. The van der Waals surface area contributed by atoms with Gasteiger partial charge in [-0.1, -0.05) is 40.5 Å². The molecule has 0 spiro atoms. The lowest BCUT2D eigenvalue weighted by Gasteiger charge is -2.16. The molecule has 0 bridgehead atoms. The zero-order chi connectivity index (χ0) is 17.4. The molecule has 0 unspecified atom stereocenters. The normalized spacial score (nSPS) is 12.1. The van der Waals surface area contributed by atoms with E-state index in [0.717, 1.165) is 22.4 Å². The third-order valence-corrected chi connectivity index (χ3v) is 4.33. The number of benzene rings is 2. The molecule has 0 fully saturated rings. The van der Waals surface area contributed by atoms with Gasteiger partial charge in [0.15, 0.2) is 11.5 Å². The Morgan fingerprint density at radius 3 is 3.00 bits per heavy atom. The lowest BCUT2D eigenvalue weighted by Crippen LogP contribution is -2.24. The molecule has 126 valence electrons. The zero-order valence-corrected chi connectivity index (χ0v) is 14.3. The second-order valence-corrected chi connectivity index (χ2v) is 6.38. The first-order valence-corrected chi connectivity index (χ1v) is 8.24. The van der Waals surface area contributed by atoms with E-state index in [0.29, 0.717) is 22.9 Å². The number of aromatic nitrogens is 1. The van der Waals surface area contributed by atoms with E-state index in [2.05, 4.69) is 10.5 Å². The summed E-state index contributed by atoms with van der Waals surface area (Å²) in [5, 5.41) is 7.43. The number of hydrogen-bond donors (Lipinski definition) is 1. The first-order chi connectivity index (χ1) is 12.1. The van der Waals surface area contributed by atoms with Gasteiger partial charge in [-0.15, -0.1) is 0 Å². The van der Waals surface area contributed by atoms with Gasteiger partial charge in [0.2, 0.25) is 0 Å². The molecule has 6 heteroatoms. The van der Waals surface area contributed by atoms with Gasteiger partial charge < -0.3 is 14.6 Å². The molecule has 0 atom stereocenters. The van der Waals surface area contributed by atoms with E-state index in [1.165, 1.54) is 0 Å². The zero-order valence-electron chi connectivity index (χ0n) is 13.5. The molecular formula is C19H15ClN2O3. The van der Waals surface area contributed by atoms with Crippen LogP contribution in [0.3, 0.4) is 0 Å². The molecule has 25 heavy (non-hydrogen) atoms. The summed E-state index contributed by atoms with van der Waals surface area (Å²) in [4.78, 5) is 12.5.